The summed E-state index contributed by atoms with van der Waals surface area (Å²) in [6, 6.07) is 1.72. The van der Waals surface area contributed by atoms with Gasteiger partial charge in [-0.2, -0.15) is 0 Å². The van der Waals surface area contributed by atoms with E-state index in [0.717, 1.165) is 0 Å². The van der Waals surface area contributed by atoms with E-state index in [1.165, 1.54) is 21.3 Å². The van der Waals surface area contributed by atoms with E-state index in [1.807, 2.05) is 0 Å². The standard InChI is InChI=1S/C24H36O7Si/c1-10-17(31-32(8,9)24(2,3)4)12-11-16-15-19(28-5)22(29-6)23(30-7)21(16)18(25)13-14-20(26)27/h1,15,17H,11-14H2,2-9H3,(H,26,27)/t17-/m0/s1. The van der Waals surface area contributed by atoms with E-state index in [-0.39, 0.29) is 40.7 Å². The van der Waals surface area contributed by atoms with Gasteiger partial charge in [0.1, 0.15) is 6.10 Å². The fraction of sp³-hybridized carbons (Fsp3) is 0.583. The zero-order valence-electron chi connectivity index (χ0n) is 20.5. The molecule has 0 radical (unpaired) electrons. The topological polar surface area (TPSA) is 91.3 Å². The molecule has 32 heavy (non-hydrogen) atoms. The lowest BCUT2D eigenvalue weighted by atomic mass is 9.94. The lowest BCUT2D eigenvalue weighted by Gasteiger charge is -2.38. The number of rotatable bonds is 12. The number of hydrogen-bond donors (Lipinski definition) is 1. The number of terminal acetylenes is 1. The monoisotopic (exact) mass is 464 g/mol. The number of methoxy groups -OCH3 is 3. The summed E-state index contributed by atoms with van der Waals surface area (Å²) in [5, 5.41) is 9.01. The number of carboxylic acids is 1. The molecule has 0 saturated heterocycles. The molecular weight excluding hydrogens is 428 g/mol. The molecule has 178 valence electrons. The molecule has 8 heteroatoms. The lowest BCUT2D eigenvalue weighted by Crippen LogP contribution is -2.43. The van der Waals surface area contributed by atoms with E-state index in [9.17, 15) is 9.59 Å². The van der Waals surface area contributed by atoms with Gasteiger partial charge in [-0.25, -0.2) is 0 Å². The SMILES string of the molecule is C#C[C@@H](CCc1cc(OC)c(OC)c(OC)c1C(=O)CCC(=O)O)O[Si](C)(C)C(C)(C)C. The van der Waals surface area contributed by atoms with Gasteiger partial charge in [0.25, 0.3) is 0 Å². The Labute approximate surface area is 192 Å². The normalized spacial score (nSPS) is 12.6. The fourth-order valence-electron chi connectivity index (χ4n) is 3.05. The van der Waals surface area contributed by atoms with Gasteiger partial charge in [-0.15, -0.1) is 6.42 Å². The molecule has 0 amide bonds. The Bertz CT molecular complexity index is 863. The number of carboxylic acid groups (broad SMARTS) is 1. The molecule has 0 aliphatic heterocycles. The number of benzene rings is 1. The minimum atomic E-state index is -2.08. The van der Waals surface area contributed by atoms with Crippen molar-refractivity contribution in [3.05, 3.63) is 17.2 Å². The molecule has 0 heterocycles. The number of ether oxygens (including phenoxy) is 3. The molecule has 7 nitrogen and oxygen atoms in total. The van der Waals surface area contributed by atoms with E-state index in [4.69, 9.17) is 30.2 Å². The molecule has 0 aromatic heterocycles. The summed E-state index contributed by atoms with van der Waals surface area (Å²) in [7, 11) is 2.30. The minimum absolute atomic E-state index is 0.00656. The van der Waals surface area contributed by atoms with Crippen molar-refractivity contribution in [1.82, 2.24) is 0 Å². The van der Waals surface area contributed by atoms with E-state index in [1.54, 1.807) is 6.07 Å². The predicted octanol–water partition coefficient (Wildman–Crippen LogP) is 4.72. The van der Waals surface area contributed by atoms with Crippen LogP contribution in [0.15, 0.2) is 6.07 Å². The maximum absolute atomic E-state index is 13.0. The first-order chi connectivity index (χ1) is 14.8. The molecule has 1 N–H and O–H groups in total. The van der Waals surface area contributed by atoms with E-state index in [2.05, 4.69) is 39.8 Å². The van der Waals surface area contributed by atoms with Crippen LogP contribution in [0.5, 0.6) is 17.2 Å². The van der Waals surface area contributed by atoms with Crippen molar-refractivity contribution in [3.63, 3.8) is 0 Å². The lowest BCUT2D eigenvalue weighted by molar-refractivity contribution is -0.136. The summed E-state index contributed by atoms with van der Waals surface area (Å²) in [5.74, 6) is 2.26. The molecule has 0 spiro atoms. The van der Waals surface area contributed by atoms with Gasteiger partial charge >= 0.3 is 5.97 Å². The fourth-order valence-corrected chi connectivity index (χ4v) is 4.30. The molecule has 0 aliphatic carbocycles. The first kappa shape index (κ1) is 27.5. The molecule has 0 saturated carbocycles. The number of ketones is 1. The smallest absolute Gasteiger partial charge is 0.303 e. The van der Waals surface area contributed by atoms with Crippen molar-refractivity contribution in [1.29, 1.82) is 0 Å². The predicted molar refractivity (Wildman–Crippen MR) is 127 cm³/mol. The summed E-state index contributed by atoms with van der Waals surface area (Å²) in [5.41, 5.74) is 0.934. The minimum Gasteiger partial charge on any atom is -0.493 e. The first-order valence-corrected chi connectivity index (χ1v) is 13.4. The van der Waals surface area contributed by atoms with Crippen LogP contribution in [0.4, 0.5) is 0 Å². The maximum Gasteiger partial charge on any atom is 0.303 e. The third-order valence-corrected chi connectivity index (χ3v) is 10.3. The third kappa shape index (κ3) is 6.75. The Kier molecular flexibility index (Phi) is 9.80. The van der Waals surface area contributed by atoms with Crippen LogP contribution in [0.1, 0.15) is 56.0 Å². The first-order valence-electron chi connectivity index (χ1n) is 10.5. The number of carbonyl (C=O) groups is 2. The molecule has 0 unspecified atom stereocenters. The third-order valence-electron chi connectivity index (χ3n) is 5.86. The van der Waals surface area contributed by atoms with Gasteiger partial charge in [0.15, 0.2) is 25.6 Å². The van der Waals surface area contributed by atoms with Gasteiger partial charge in [0.05, 0.1) is 33.3 Å². The molecule has 0 aliphatic rings. The Morgan fingerprint density at radius 3 is 2.12 bits per heavy atom. The summed E-state index contributed by atoms with van der Waals surface area (Å²) in [6.07, 6.45) is 5.82. The number of Topliss-reactive ketones (excluding diaryl/α,β-unsaturated/α-hetero) is 1. The van der Waals surface area contributed by atoms with Gasteiger partial charge in [-0.05, 0) is 42.6 Å². The summed E-state index contributed by atoms with van der Waals surface area (Å²) >= 11 is 0. The average Bonchev–Trinajstić information content (AvgIpc) is 2.72. The van der Waals surface area contributed by atoms with Crippen LogP contribution in [-0.2, 0) is 15.6 Å². The molecule has 0 bridgehead atoms. The second-order valence-corrected chi connectivity index (χ2v) is 13.8. The van der Waals surface area contributed by atoms with Crippen LogP contribution in [-0.4, -0.2) is 52.6 Å². The van der Waals surface area contributed by atoms with Gasteiger partial charge in [-0.3, -0.25) is 9.59 Å². The van der Waals surface area contributed by atoms with Crippen LogP contribution in [0.2, 0.25) is 18.1 Å². The molecule has 0 fully saturated rings. The second kappa shape index (κ2) is 11.4. The summed E-state index contributed by atoms with van der Waals surface area (Å²) < 4.78 is 22.7. The van der Waals surface area contributed by atoms with Crippen molar-refractivity contribution in [3.8, 4) is 29.6 Å². The zero-order chi connectivity index (χ0) is 24.7. The Morgan fingerprint density at radius 2 is 1.69 bits per heavy atom. The van der Waals surface area contributed by atoms with Crippen molar-refractivity contribution < 1.29 is 33.3 Å². The Morgan fingerprint density at radius 1 is 1.09 bits per heavy atom. The van der Waals surface area contributed by atoms with Crippen LogP contribution in [0.25, 0.3) is 0 Å². The Hall–Kier alpha value is -2.50. The second-order valence-electron chi connectivity index (χ2n) is 9.07. The van der Waals surface area contributed by atoms with E-state index < -0.39 is 20.4 Å². The number of carbonyl (C=O) groups excluding carboxylic acids is 1. The zero-order valence-corrected chi connectivity index (χ0v) is 21.5. The number of hydrogen-bond acceptors (Lipinski definition) is 6. The highest BCUT2D eigenvalue weighted by molar-refractivity contribution is 6.74. The van der Waals surface area contributed by atoms with Crippen molar-refractivity contribution in [2.24, 2.45) is 0 Å². The van der Waals surface area contributed by atoms with Crippen LogP contribution < -0.4 is 14.2 Å². The highest BCUT2D eigenvalue weighted by Crippen LogP contribution is 2.43. The maximum atomic E-state index is 13.0. The molecule has 1 atom stereocenters. The molecule has 1 rings (SSSR count). The Balaban J connectivity index is 3.36. The molecule has 1 aromatic carbocycles. The van der Waals surface area contributed by atoms with Crippen LogP contribution in [0, 0.1) is 12.3 Å². The van der Waals surface area contributed by atoms with Gasteiger partial charge in [-0.1, -0.05) is 26.7 Å². The molecule has 1 aromatic rings. The van der Waals surface area contributed by atoms with Crippen LogP contribution in [0.3, 0.4) is 0 Å². The van der Waals surface area contributed by atoms with E-state index in [0.29, 0.717) is 24.2 Å². The van der Waals surface area contributed by atoms with Crippen molar-refractivity contribution in [2.75, 3.05) is 21.3 Å². The highest BCUT2D eigenvalue weighted by Gasteiger charge is 2.39. The van der Waals surface area contributed by atoms with Gasteiger partial charge < -0.3 is 23.7 Å². The number of aryl methyl sites for hydroxylation is 1. The van der Waals surface area contributed by atoms with Crippen molar-refractivity contribution in [2.45, 2.75) is 70.7 Å². The van der Waals surface area contributed by atoms with E-state index >= 15 is 0 Å². The largest absolute Gasteiger partial charge is 0.493 e. The summed E-state index contributed by atoms with van der Waals surface area (Å²) in [4.78, 5) is 24.0. The van der Waals surface area contributed by atoms with Gasteiger partial charge in [0.2, 0.25) is 5.75 Å². The summed E-state index contributed by atoms with van der Waals surface area (Å²) in [6.45, 7) is 10.7. The quantitative estimate of drug-likeness (QED) is 0.272. The average molecular weight is 465 g/mol. The van der Waals surface area contributed by atoms with Crippen LogP contribution >= 0.6 is 0 Å². The molecular formula is C24H36O7Si. The van der Waals surface area contributed by atoms with Gasteiger partial charge in [0, 0.05) is 6.42 Å². The van der Waals surface area contributed by atoms with Crippen molar-refractivity contribution >= 4 is 20.1 Å². The highest BCUT2D eigenvalue weighted by atomic mass is 28.4. The number of aliphatic carboxylic acids is 1.